The van der Waals surface area contributed by atoms with Gasteiger partial charge >= 0.3 is 0 Å². The van der Waals surface area contributed by atoms with Crippen LogP contribution in [-0.2, 0) is 20.2 Å². The minimum atomic E-state index is -0.684. The fourth-order valence-corrected chi connectivity index (χ4v) is 4.89. The normalized spacial score (nSPS) is 25.0. The van der Waals surface area contributed by atoms with Gasteiger partial charge in [0.05, 0.1) is 30.1 Å². The van der Waals surface area contributed by atoms with Crippen LogP contribution in [0.3, 0.4) is 0 Å². The van der Waals surface area contributed by atoms with E-state index in [0.717, 1.165) is 27.9 Å². The number of aliphatic hydroxyl groups is 1. The number of fused-ring (bicyclic) bond motifs is 2. The van der Waals surface area contributed by atoms with E-state index in [0.29, 0.717) is 17.3 Å². The van der Waals surface area contributed by atoms with Gasteiger partial charge in [0, 0.05) is 17.2 Å². The number of aryl methyl sites for hydroxylation is 1. The van der Waals surface area contributed by atoms with Crippen molar-refractivity contribution in [2.45, 2.75) is 38.3 Å². The van der Waals surface area contributed by atoms with E-state index in [1.807, 2.05) is 19.1 Å². The highest BCUT2D eigenvalue weighted by Crippen LogP contribution is 2.36. The van der Waals surface area contributed by atoms with Gasteiger partial charge < -0.3 is 24.6 Å². The van der Waals surface area contributed by atoms with Gasteiger partial charge in [-0.15, -0.1) is 0 Å². The largest absolute Gasteiger partial charge is 0.483 e. The lowest BCUT2D eigenvalue weighted by Gasteiger charge is -2.21. The number of hydrogen-bond donors (Lipinski definition) is 2. The molecule has 3 aromatic rings. The molecule has 0 bridgehead atoms. The number of halogens is 1. The van der Waals surface area contributed by atoms with Gasteiger partial charge in [-0.2, -0.15) is 0 Å². The first-order valence-electron chi connectivity index (χ1n) is 11.2. The van der Waals surface area contributed by atoms with Crippen LogP contribution in [0, 0.1) is 12.7 Å². The predicted molar refractivity (Wildman–Crippen MR) is 130 cm³/mol. The topological polar surface area (TPSA) is 98.1 Å². The summed E-state index contributed by atoms with van der Waals surface area (Å²) in [5.41, 5.74) is 3.20. The Balaban J connectivity index is 1.46. The number of nitrogens with zero attached hydrogens (tertiary/aromatic N) is 3. The molecule has 0 aliphatic carbocycles. The molecule has 5 atom stereocenters. The number of nitrogens with one attached hydrogen (secondary N) is 1. The molecule has 0 amide bonds. The molecule has 2 aliphatic rings. The van der Waals surface area contributed by atoms with Gasteiger partial charge in [-0.3, -0.25) is 0 Å². The summed E-state index contributed by atoms with van der Waals surface area (Å²) in [5, 5.41) is 14.1. The number of hydrogen-bond acceptors (Lipinski definition) is 8. The van der Waals surface area contributed by atoms with Crippen molar-refractivity contribution in [3.63, 3.8) is 0 Å². The fourth-order valence-electron chi connectivity index (χ4n) is 4.30. The average molecular weight is 487 g/mol. The highest BCUT2D eigenvalue weighted by molar-refractivity contribution is 7.86. The number of rotatable bonds is 6. The molecule has 2 fully saturated rings. The van der Waals surface area contributed by atoms with Gasteiger partial charge in [0.2, 0.25) is 0 Å². The average Bonchev–Trinajstić information content (AvgIpc) is 3.38. The van der Waals surface area contributed by atoms with E-state index in [-0.39, 0.29) is 23.9 Å². The zero-order chi connectivity index (χ0) is 23.8. The van der Waals surface area contributed by atoms with Crippen molar-refractivity contribution in [1.29, 1.82) is 0 Å². The summed E-state index contributed by atoms with van der Waals surface area (Å²) in [6, 6.07) is 8.27. The molecule has 2 aliphatic heterocycles. The number of ether oxygens (including phenoxy) is 3. The Morgan fingerprint density at radius 1 is 1.21 bits per heavy atom. The van der Waals surface area contributed by atoms with E-state index >= 15 is 0 Å². The Morgan fingerprint density at radius 3 is 2.85 bits per heavy atom. The van der Waals surface area contributed by atoms with Crippen molar-refractivity contribution in [2.75, 3.05) is 30.5 Å². The standard InChI is InChI=1S/C24H27FN4O4S/c1-4-34(3)29-15-7-13(2)21-17(9-15)26-12-27-24(21)28-16-6-5-14(25)8-19(16)33-20-11-32-22-18(30)10-31-23(20)22/h5-9,12,18,20,22-23,30H,4,10-11H2,1-3H3,(H,26,27,28). The number of aromatic nitrogens is 2. The molecular weight excluding hydrogens is 459 g/mol. The van der Waals surface area contributed by atoms with Gasteiger partial charge in [0.25, 0.3) is 0 Å². The highest BCUT2D eigenvalue weighted by atomic mass is 32.2. The van der Waals surface area contributed by atoms with Crippen molar-refractivity contribution in [3.05, 3.63) is 48.0 Å². The first-order chi connectivity index (χ1) is 16.4. The number of aliphatic hydroxyl groups excluding tert-OH is 1. The van der Waals surface area contributed by atoms with Crippen molar-refractivity contribution in [1.82, 2.24) is 9.97 Å². The van der Waals surface area contributed by atoms with Crippen LogP contribution in [0.4, 0.5) is 21.6 Å². The lowest BCUT2D eigenvalue weighted by atomic mass is 10.1. The quantitative estimate of drug-likeness (QED) is 0.547. The van der Waals surface area contributed by atoms with E-state index in [4.69, 9.17) is 18.6 Å². The molecule has 1 aromatic heterocycles. The highest BCUT2D eigenvalue weighted by Gasteiger charge is 2.48. The molecule has 8 nitrogen and oxygen atoms in total. The molecule has 2 aromatic carbocycles. The van der Waals surface area contributed by atoms with Crippen LogP contribution < -0.4 is 10.1 Å². The van der Waals surface area contributed by atoms with Gasteiger partial charge in [0.15, 0.2) is 6.10 Å². The van der Waals surface area contributed by atoms with Crippen LogP contribution in [0.1, 0.15) is 12.5 Å². The van der Waals surface area contributed by atoms with Crippen LogP contribution in [-0.4, -0.2) is 64.7 Å². The maximum atomic E-state index is 14.1. The van der Waals surface area contributed by atoms with Gasteiger partial charge in [-0.05, 0) is 43.0 Å². The molecule has 10 heteroatoms. The Bertz CT molecular complexity index is 1260. The van der Waals surface area contributed by atoms with Gasteiger partial charge in [-0.25, -0.2) is 18.7 Å². The molecule has 180 valence electrons. The monoisotopic (exact) mass is 486 g/mol. The summed E-state index contributed by atoms with van der Waals surface area (Å²) in [7, 11) is -0.0506. The van der Waals surface area contributed by atoms with E-state index in [2.05, 4.69) is 28.5 Å². The molecule has 5 rings (SSSR count). The lowest BCUT2D eigenvalue weighted by Crippen LogP contribution is -2.34. The van der Waals surface area contributed by atoms with Crippen LogP contribution in [0.2, 0.25) is 0 Å². The Kier molecular flexibility index (Phi) is 6.48. The van der Waals surface area contributed by atoms with Crippen LogP contribution in [0.5, 0.6) is 5.75 Å². The van der Waals surface area contributed by atoms with E-state index < -0.39 is 30.2 Å². The molecule has 0 saturated carbocycles. The summed E-state index contributed by atoms with van der Waals surface area (Å²) in [5.74, 6) is 1.46. The van der Waals surface area contributed by atoms with E-state index in [9.17, 15) is 9.50 Å². The molecule has 0 radical (unpaired) electrons. The van der Waals surface area contributed by atoms with Gasteiger partial charge in [0.1, 0.15) is 42.0 Å². The summed E-state index contributed by atoms with van der Waals surface area (Å²) in [6.07, 6.45) is 1.63. The zero-order valence-electron chi connectivity index (χ0n) is 19.2. The minimum Gasteiger partial charge on any atom is -0.483 e. The molecular formula is C24H27FN4O4S. The summed E-state index contributed by atoms with van der Waals surface area (Å²) < 4.78 is 36.3. The fraction of sp³-hybridized carbons (Fsp3) is 0.417. The maximum Gasteiger partial charge on any atom is 0.151 e. The van der Waals surface area contributed by atoms with E-state index in [1.165, 1.54) is 18.5 Å². The third-order valence-electron chi connectivity index (χ3n) is 6.06. The Labute approximate surface area is 199 Å². The molecule has 2 saturated heterocycles. The molecule has 0 spiro atoms. The number of benzene rings is 2. The second-order valence-electron chi connectivity index (χ2n) is 8.44. The van der Waals surface area contributed by atoms with Crippen LogP contribution >= 0.6 is 0 Å². The zero-order valence-corrected chi connectivity index (χ0v) is 20.0. The molecule has 5 unspecified atom stereocenters. The minimum absolute atomic E-state index is 0.0506. The smallest absolute Gasteiger partial charge is 0.151 e. The van der Waals surface area contributed by atoms with Crippen LogP contribution in [0.25, 0.3) is 10.9 Å². The number of anilines is 2. The Morgan fingerprint density at radius 2 is 2.03 bits per heavy atom. The molecule has 2 N–H and O–H groups in total. The lowest BCUT2D eigenvalue weighted by molar-refractivity contribution is 0.00871. The second kappa shape index (κ2) is 9.53. The summed E-state index contributed by atoms with van der Waals surface area (Å²) in [4.78, 5) is 8.89. The second-order valence-corrected chi connectivity index (χ2v) is 10.4. The third-order valence-corrected chi connectivity index (χ3v) is 7.41. The Hall–Kier alpha value is -2.66. The SMILES string of the molecule is CC/S(C)=N/c1cc(C)c2c(Nc3ccc(F)cc3OC3COC4C(O)COC34)ncnc2c1. The summed E-state index contributed by atoms with van der Waals surface area (Å²) >= 11 is 0. The van der Waals surface area contributed by atoms with Crippen LogP contribution in [0.15, 0.2) is 41.0 Å². The van der Waals surface area contributed by atoms with Crippen molar-refractivity contribution >= 4 is 38.8 Å². The molecule has 34 heavy (non-hydrogen) atoms. The van der Waals surface area contributed by atoms with E-state index in [1.54, 1.807) is 6.07 Å². The summed E-state index contributed by atoms with van der Waals surface area (Å²) in [6.45, 7) is 4.56. The molecule has 3 heterocycles. The first-order valence-corrected chi connectivity index (χ1v) is 12.9. The van der Waals surface area contributed by atoms with Crippen molar-refractivity contribution in [3.8, 4) is 5.75 Å². The third kappa shape index (κ3) is 4.50. The van der Waals surface area contributed by atoms with Gasteiger partial charge in [-0.1, -0.05) is 17.6 Å². The van der Waals surface area contributed by atoms with Crippen molar-refractivity contribution < 1.29 is 23.7 Å². The predicted octanol–water partition coefficient (Wildman–Crippen LogP) is 3.81. The maximum absolute atomic E-state index is 14.1. The first kappa shape index (κ1) is 23.1. The van der Waals surface area contributed by atoms with Crippen molar-refractivity contribution in [2.24, 2.45) is 4.36 Å².